The zero-order valence-electron chi connectivity index (χ0n) is 12.8. The molecule has 3 aromatic rings. The topological polar surface area (TPSA) is 78.9 Å². The second-order valence-corrected chi connectivity index (χ2v) is 6.05. The van der Waals surface area contributed by atoms with Crippen molar-refractivity contribution in [1.29, 1.82) is 0 Å². The maximum absolute atomic E-state index is 12.4. The number of Topliss-reactive ketones (excluding diaryl/α,β-unsaturated/α-hetero) is 1. The Kier molecular flexibility index (Phi) is 4.06. The highest BCUT2D eigenvalue weighted by Gasteiger charge is 2.20. The second-order valence-electron chi connectivity index (χ2n) is 5.28. The van der Waals surface area contributed by atoms with Gasteiger partial charge in [-0.05, 0) is 35.9 Å². The minimum absolute atomic E-state index is 0.0357. The molecule has 0 bridgehead atoms. The third-order valence-electron chi connectivity index (χ3n) is 3.76. The summed E-state index contributed by atoms with van der Waals surface area (Å²) >= 11 is 11.9. The Balaban J connectivity index is 2.15. The average Bonchev–Trinajstić information content (AvgIpc) is 2.88. The first kappa shape index (κ1) is 16.5. The lowest BCUT2D eigenvalue weighted by Crippen LogP contribution is -2.37. The molecule has 1 aromatic carbocycles. The first-order chi connectivity index (χ1) is 11.3. The molecule has 2 heterocycles. The average molecular weight is 367 g/mol. The Bertz CT molecular complexity index is 1080. The lowest BCUT2D eigenvalue weighted by molar-refractivity contribution is 0.0973. The number of carbonyl (C=O) groups excluding carboxylic acids is 1. The van der Waals surface area contributed by atoms with Gasteiger partial charge < -0.3 is 0 Å². The predicted octanol–water partition coefficient (Wildman–Crippen LogP) is 1.62. The van der Waals surface area contributed by atoms with Crippen molar-refractivity contribution >= 4 is 40.1 Å². The fourth-order valence-electron chi connectivity index (χ4n) is 2.47. The quantitative estimate of drug-likeness (QED) is 0.521. The zero-order valence-corrected chi connectivity index (χ0v) is 14.3. The van der Waals surface area contributed by atoms with Crippen LogP contribution in [0.5, 0.6) is 0 Å². The van der Waals surface area contributed by atoms with Crippen molar-refractivity contribution in [3.63, 3.8) is 0 Å². The number of carbonyl (C=O) groups is 1. The van der Waals surface area contributed by atoms with Gasteiger partial charge in [-0.3, -0.25) is 23.3 Å². The number of hydrogen-bond donors (Lipinski definition) is 0. The van der Waals surface area contributed by atoms with Crippen molar-refractivity contribution in [2.75, 3.05) is 0 Å². The van der Waals surface area contributed by atoms with Gasteiger partial charge in [-0.25, -0.2) is 9.78 Å². The Morgan fingerprint density at radius 2 is 1.71 bits per heavy atom. The van der Waals surface area contributed by atoms with Crippen LogP contribution in [0.15, 0.2) is 33.9 Å². The fraction of sp³-hybridized carbons (Fsp3) is 0.200. The number of ketones is 1. The van der Waals surface area contributed by atoms with Gasteiger partial charge in [0, 0.05) is 24.7 Å². The van der Waals surface area contributed by atoms with E-state index in [-0.39, 0.29) is 28.8 Å². The van der Waals surface area contributed by atoms with E-state index >= 15 is 0 Å². The number of hydrogen-bond acceptors (Lipinski definition) is 4. The minimum Gasteiger partial charge on any atom is -0.293 e. The van der Waals surface area contributed by atoms with E-state index in [2.05, 4.69) is 4.98 Å². The zero-order chi connectivity index (χ0) is 17.6. The van der Waals surface area contributed by atoms with Crippen molar-refractivity contribution in [1.82, 2.24) is 18.7 Å². The van der Waals surface area contributed by atoms with Gasteiger partial charge in [-0.2, -0.15) is 0 Å². The number of nitrogens with zero attached hydrogens (tertiary/aromatic N) is 4. The maximum atomic E-state index is 12.4. The molecule has 3 rings (SSSR count). The molecule has 0 saturated heterocycles. The van der Waals surface area contributed by atoms with E-state index in [1.165, 1.54) is 23.2 Å². The summed E-state index contributed by atoms with van der Waals surface area (Å²) in [5.41, 5.74) is -0.410. The van der Waals surface area contributed by atoms with Crippen LogP contribution in [-0.2, 0) is 20.6 Å². The van der Waals surface area contributed by atoms with Crippen LogP contribution in [0.4, 0.5) is 0 Å². The van der Waals surface area contributed by atoms with Crippen molar-refractivity contribution in [2.24, 2.45) is 14.1 Å². The van der Waals surface area contributed by atoms with Crippen molar-refractivity contribution in [3.05, 3.63) is 61.0 Å². The van der Waals surface area contributed by atoms with Crippen molar-refractivity contribution in [2.45, 2.75) is 6.54 Å². The van der Waals surface area contributed by atoms with Crippen LogP contribution < -0.4 is 11.2 Å². The van der Waals surface area contributed by atoms with Gasteiger partial charge in [-0.15, -0.1) is 0 Å². The van der Waals surface area contributed by atoms with Crippen molar-refractivity contribution in [3.8, 4) is 0 Å². The molecule has 0 spiro atoms. The van der Waals surface area contributed by atoms with E-state index in [1.807, 2.05) is 0 Å². The summed E-state index contributed by atoms with van der Waals surface area (Å²) in [6.45, 7) is -0.155. The Morgan fingerprint density at radius 1 is 1.08 bits per heavy atom. The van der Waals surface area contributed by atoms with Gasteiger partial charge in [0.05, 0.1) is 6.54 Å². The Morgan fingerprint density at radius 3 is 2.33 bits per heavy atom. The van der Waals surface area contributed by atoms with Gasteiger partial charge >= 0.3 is 5.69 Å². The number of fused-ring (bicyclic) bond motifs is 1. The van der Waals surface area contributed by atoms with E-state index in [1.54, 1.807) is 24.3 Å². The normalized spacial score (nSPS) is 11.2. The third kappa shape index (κ3) is 2.55. The Hall–Kier alpha value is -2.38. The summed E-state index contributed by atoms with van der Waals surface area (Å²) in [6.07, 6.45) is 0. The van der Waals surface area contributed by atoms with Crippen LogP contribution >= 0.6 is 23.2 Å². The largest absolute Gasteiger partial charge is 0.332 e. The summed E-state index contributed by atoms with van der Waals surface area (Å²) in [6, 6.07) is 6.40. The molecular weight excluding hydrogens is 355 g/mol. The Labute approximate surface area is 145 Å². The number of rotatable bonds is 3. The van der Waals surface area contributed by atoms with Gasteiger partial charge in [-0.1, -0.05) is 11.6 Å². The molecule has 2 aromatic heterocycles. The van der Waals surface area contributed by atoms with E-state index in [4.69, 9.17) is 23.2 Å². The molecular formula is C15H12Cl2N4O3. The fourth-order valence-corrected chi connectivity index (χ4v) is 2.82. The lowest BCUT2D eigenvalue weighted by atomic mass is 10.1. The highest BCUT2D eigenvalue weighted by Crippen LogP contribution is 2.17. The summed E-state index contributed by atoms with van der Waals surface area (Å²) < 4.78 is 3.53. The molecule has 0 saturated carbocycles. The van der Waals surface area contributed by atoms with Crippen LogP contribution in [0, 0.1) is 0 Å². The molecule has 0 unspecified atom stereocenters. The molecule has 0 aliphatic carbocycles. The van der Waals surface area contributed by atoms with Crippen LogP contribution in [0.25, 0.3) is 11.2 Å². The van der Waals surface area contributed by atoms with E-state index in [0.717, 1.165) is 4.57 Å². The first-order valence-electron chi connectivity index (χ1n) is 6.91. The van der Waals surface area contributed by atoms with Gasteiger partial charge in [0.2, 0.25) is 5.28 Å². The van der Waals surface area contributed by atoms with Crippen molar-refractivity contribution < 1.29 is 4.79 Å². The van der Waals surface area contributed by atoms with Crippen LogP contribution in [0.1, 0.15) is 10.4 Å². The highest BCUT2D eigenvalue weighted by atomic mass is 35.5. The predicted molar refractivity (Wildman–Crippen MR) is 91.0 cm³/mol. The summed E-state index contributed by atoms with van der Waals surface area (Å²) in [4.78, 5) is 40.7. The monoisotopic (exact) mass is 366 g/mol. The van der Waals surface area contributed by atoms with Crippen LogP contribution in [-0.4, -0.2) is 24.5 Å². The summed E-state index contributed by atoms with van der Waals surface area (Å²) in [7, 11) is 2.85. The lowest BCUT2D eigenvalue weighted by Gasteiger charge is -2.09. The number of imidazole rings is 1. The molecule has 24 heavy (non-hydrogen) atoms. The second kappa shape index (κ2) is 5.92. The standard InChI is InChI=1S/C15H12Cl2N4O3/c1-19-12-11(13(23)20(2)15(19)24)18-14(17)21(12)7-10(22)8-3-5-9(16)6-4-8/h3-6H,7H2,1-2H3. The highest BCUT2D eigenvalue weighted by molar-refractivity contribution is 6.30. The van der Waals surface area contributed by atoms with Gasteiger partial charge in [0.25, 0.3) is 5.56 Å². The molecule has 0 aliphatic rings. The number of aromatic nitrogens is 4. The molecule has 0 amide bonds. The van der Waals surface area contributed by atoms with E-state index < -0.39 is 11.2 Å². The minimum atomic E-state index is -0.562. The molecule has 7 nitrogen and oxygen atoms in total. The molecule has 9 heteroatoms. The molecule has 124 valence electrons. The molecule has 0 fully saturated rings. The molecule has 0 N–H and O–H groups in total. The van der Waals surface area contributed by atoms with Crippen LogP contribution in [0.2, 0.25) is 10.3 Å². The van der Waals surface area contributed by atoms with E-state index in [9.17, 15) is 14.4 Å². The van der Waals surface area contributed by atoms with Crippen LogP contribution in [0.3, 0.4) is 0 Å². The molecule has 0 atom stereocenters. The smallest absolute Gasteiger partial charge is 0.293 e. The number of halogens is 2. The molecule has 0 aliphatic heterocycles. The number of aryl methyl sites for hydroxylation is 1. The SMILES string of the molecule is Cn1c(=O)c2nc(Cl)n(CC(=O)c3ccc(Cl)cc3)c2n(C)c1=O. The van der Waals surface area contributed by atoms with Gasteiger partial charge in [0.15, 0.2) is 16.9 Å². The maximum Gasteiger partial charge on any atom is 0.332 e. The molecule has 0 radical (unpaired) electrons. The first-order valence-corrected chi connectivity index (χ1v) is 7.67. The summed E-state index contributed by atoms with van der Waals surface area (Å²) in [5, 5.41) is 0.481. The third-order valence-corrected chi connectivity index (χ3v) is 4.30. The van der Waals surface area contributed by atoms with E-state index in [0.29, 0.717) is 10.6 Å². The number of benzene rings is 1. The van der Waals surface area contributed by atoms with Gasteiger partial charge in [0.1, 0.15) is 0 Å². The summed E-state index contributed by atoms with van der Waals surface area (Å²) in [5.74, 6) is -0.249.